The van der Waals surface area contributed by atoms with E-state index in [0.717, 1.165) is 22.4 Å². The number of carboxylic acid groups (broad SMARTS) is 1. The minimum atomic E-state index is -1.05. The van der Waals surface area contributed by atoms with Crippen molar-refractivity contribution in [3.05, 3.63) is 131 Å². The summed E-state index contributed by atoms with van der Waals surface area (Å²) in [5.41, 5.74) is 4.35. The highest BCUT2D eigenvalue weighted by atomic mass is 16.5. The van der Waals surface area contributed by atoms with Crippen LogP contribution in [0.15, 0.2) is 109 Å². The molecule has 40 heavy (non-hydrogen) atoms. The summed E-state index contributed by atoms with van der Waals surface area (Å²) < 4.78 is 5.59. The standard InChI is InChI=1S/C34H30N2O4/c1-2-40-30-13-7-12-29(22-30)27-15-17-28(18-16-27)33(37)36-32(19-14-24-8-4-3-5-9-24)31(34(38)39)21-25-10-6-11-26(20-25)23-35/h3-20,22,31-32H,2,21H2,1H3,(H,36,37)(H,38,39)/b19-14+/t31-,32-/m1/s1. The van der Waals surface area contributed by atoms with Crippen LogP contribution in [0, 0.1) is 17.2 Å². The quantitative estimate of drug-likeness (QED) is 0.234. The van der Waals surface area contributed by atoms with Gasteiger partial charge in [-0.05, 0) is 72.0 Å². The number of rotatable bonds is 11. The van der Waals surface area contributed by atoms with Crippen molar-refractivity contribution in [3.63, 3.8) is 0 Å². The van der Waals surface area contributed by atoms with Crippen LogP contribution in [-0.2, 0) is 11.2 Å². The topological polar surface area (TPSA) is 99.4 Å². The van der Waals surface area contributed by atoms with Gasteiger partial charge in [-0.2, -0.15) is 5.26 Å². The lowest BCUT2D eigenvalue weighted by atomic mass is 9.90. The monoisotopic (exact) mass is 530 g/mol. The number of carboxylic acids is 1. The van der Waals surface area contributed by atoms with Gasteiger partial charge >= 0.3 is 5.97 Å². The van der Waals surface area contributed by atoms with E-state index >= 15 is 0 Å². The van der Waals surface area contributed by atoms with Gasteiger partial charge in [0.15, 0.2) is 0 Å². The van der Waals surface area contributed by atoms with Crippen LogP contribution in [0.3, 0.4) is 0 Å². The molecule has 1 amide bonds. The second-order valence-electron chi connectivity index (χ2n) is 9.27. The number of carbonyl (C=O) groups excluding carboxylic acids is 1. The van der Waals surface area contributed by atoms with E-state index in [2.05, 4.69) is 11.4 Å². The molecule has 0 spiro atoms. The van der Waals surface area contributed by atoms with Crippen LogP contribution in [0.2, 0.25) is 0 Å². The molecule has 2 N–H and O–H groups in total. The molecule has 0 aliphatic heterocycles. The zero-order valence-electron chi connectivity index (χ0n) is 22.2. The Bertz CT molecular complexity index is 1520. The van der Waals surface area contributed by atoms with Gasteiger partial charge in [0.25, 0.3) is 5.91 Å². The van der Waals surface area contributed by atoms with Gasteiger partial charge in [-0.15, -0.1) is 0 Å². The third-order valence-electron chi connectivity index (χ3n) is 6.48. The first-order valence-corrected chi connectivity index (χ1v) is 13.1. The Morgan fingerprint density at radius 2 is 1.68 bits per heavy atom. The van der Waals surface area contributed by atoms with Gasteiger partial charge in [0.2, 0.25) is 0 Å². The highest BCUT2D eigenvalue weighted by Crippen LogP contribution is 2.25. The Morgan fingerprint density at radius 1 is 0.925 bits per heavy atom. The van der Waals surface area contributed by atoms with Crippen molar-refractivity contribution in [2.24, 2.45) is 5.92 Å². The van der Waals surface area contributed by atoms with Crippen LogP contribution in [-0.4, -0.2) is 29.6 Å². The Labute approximate surface area is 234 Å². The number of amides is 1. The molecular formula is C34H30N2O4. The van der Waals surface area contributed by atoms with E-state index in [-0.39, 0.29) is 12.3 Å². The predicted molar refractivity (Wildman–Crippen MR) is 156 cm³/mol. The van der Waals surface area contributed by atoms with Crippen LogP contribution < -0.4 is 10.1 Å². The third-order valence-corrected chi connectivity index (χ3v) is 6.48. The fraction of sp³-hybridized carbons (Fsp3) is 0.147. The molecule has 6 nitrogen and oxygen atoms in total. The maximum absolute atomic E-state index is 13.3. The number of hydrogen-bond acceptors (Lipinski definition) is 4. The van der Waals surface area contributed by atoms with Gasteiger partial charge in [0.05, 0.1) is 30.2 Å². The predicted octanol–water partition coefficient (Wildman–Crippen LogP) is 6.38. The largest absolute Gasteiger partial charge is 0.494 e. The van der Waals surface area contributed by atoms with Gasteiger partial charge in [-0.1, -0.05) is 78.9 Å². The second-order valence-corrected chi connectivity index (χ2v) is 9.27. The third kappa shape index (κ3) is 7.46. The van der Waals surface area contributed by atoms with Crippen LogP contribution in [0.1, 0.15) is 34.0 Å². The molecule has 0 aromatic heterocycles. The van der Waals surface area contributed by atoms with E-state index in [9.17, 15) is 20.0 Å². The summed E-state index contributed by atoms with van der Waals surface area (Å²) in [4.78, 5) is 25.8. The number of benzene rings is 4. The first-order valence-electron chi connectivity index (χ1n) is 13.1. The molecule has 200 valence electrons. The molecule has 0 unspecified atom stereocenters. The average Bonchev–Trinajstić information content (AvgIpc) is 2.99. The van der Waals surface area contributed by atoms with Crippen LogP contribution >= 0.6 is 0 Å². The molecule has 6 heteroatoms. The molecule has 0 radical (unpaired) electrons. The number of aliphatic carboxylic acids is 1. The summed E-state index contributed by atoms with van der Waals surface area (Å²) >= 11 is 0. The first kappa shape index (κ1) is 27.9. The molecule has 0 bridgehead atoms. The lowest BCUT2D eigenvalue weighted by Crippen LogP contribution is -2.43. The van der Waals surface area contributed by atoms with Crippen LogP contribution in [0.4, 0.5) is 0 Å². The summed E-state index contributed by atoms with van der Waals surface area (Å²) in [6, 6.07) is 32.5. The van der Waals surface area contributed by atoms with Crippen LogP contribution in [0.5, 0.6) is 5.75 Å². The van der Waals surface area contributed by atoms with Gasteiger partial charge < -0.3 is 15.2 Å². The number of hydrogen-bond donors (Lipinski definition) is 2. The van der Waals surface area contributed by atoms with Crippen molar-refractivity contribution in [3.8, 4) is 22.9 Å². The minimum Gasteiger partial charge on any atom is -0.494 e. The maximum Gasteiger partial charge on any atom is 0.309 e. The van der Waals surface area contributed by atoms with Gasteiger partial charge in [0.1, 0.15) is 5.75 Å². The molecule has 0 heterocycles. The van der Waals surface area contributed by atoms with Gasteiger partial charge in [-0.3, -0.25) is 9.59 Å². The SMILES string of the molecule is CCOc1cccc(-c2ccc(C(=O)N[C@H](/C=C/c3ccccc3)[C@@H](Cc3cccc(C#N)c3)C(=O)O)cc2)c1. The molecular weight excluding hydrogens is 500 g/mol. The van der Waals surface area contributed by atoms with Crippen LogP contribution in [0.25, 0.3) is 17.2 Å². The molecule has 0 aliphatic rings. The van der Waals surface area contributed by atoms with E-state index < -0.39 is 17.9 Å². The van der Waals surface area contributed by atoms with E-state index in [0.29, 0.717) is 23.3 Å². The highest BCUT2D eigenvalue weighted by molar-refractivity contribution is 5.95. The minimum absolute atomic E-state index is 0.143. The van der Waals surface area contributed by atoms with Crippen molar-refractivity contribution in [1.82, 2.24) is 5.32 Å². The molecule has 2 atom stereocenters. The second kappa shape index (κ2) is 13.6. The summed E-state index contributed by atoms with van der Waals surface area (Å²) in [6.07, 6.45) is 3.67. The molecule has 4 rings (SSSR count). The highest BCUT2D eigenvalue weighted by Gasteiger charge is 2.28. The zero-order chi connectivity index (χ0) is 28.3. The zero-order valence-corrected chi connectivity index (χ0v) is 22.2. The van der Waals surface area contributed by atoms with Crippen molar-refractivity contribution in [2.45, 2.75) is 19.4 Å². The summed E-state index contributed by atoms with van der Waals surface area (Å²) in [6.45, 7) is 2.50. The van der Waals surface area contributed by atoms with Crippen molar-refractivity contribution in [2.75, 3.05) is 6.61 Å². The number of nitrogens with one attached hydrogen (secondary N) is 1. The van der Waals surface area contributed by atoms with Gasteiger partial charge in [-0.25, -0.2) is 0 Å². The van der Waals surface area contributed by atoms with E-state index in [1.807, 2.05) is 73.7 Å². The van der Waals surface area contributed by atoms with E-state index in [1.54, 1.807) is 48.6 Å². The normalized spacial score (nSPS) is 12.3. The Morgan fingerprint density at radius 3 is 2.38 bits per heavy atom. The fourth-order valence-corrected chi connectivity index (χ4v) is 4.43. The van der Waals surface area contributed by atoms with Gasteiger partial charge in [0, 0.05) is 5.56 Å². The Hall–Kier alpha value is -5.15. The molecule has 4 aromatic carbocycles. The van der Waals surface area contributed by atoms with Crippen molar-refractivity contribution in [1.29, 1.82) is 5.26 Å². The lowest BCUT2D eigenvalue weighted by Gasteiger charge is -2.23. The van der Waals surface area contributed by atoms with E-state index in [1.165, 1.54) is 0 Å². The average molecular weight is 531 g/mol. The summed E-state index contributed by atoms with van der Waals surface area (Å²) in [5.74, 6) is -1.61. The number of ether oxygens (including phenoxy) is 1. The van der Waals surface area contributed by atoms with E-state index in [4.69, 9.17) is 4.74 Å². The number of nitriles is 1. The molecule has 4 aromatic rings. The lowest BCUT2D eigenvalue weighted by molar-refractivity contribution is -0.142. The smallest absolute Gasteiger partial charge is 0.309 e. The molecule has 0 fully saturated rings. The Kier molecular flexibility index (Phi) is 9.47. The van der Waals surface area contributed by atoms with Crippen molar-refractivity contribution >= 4 is 18.0 Å². The first-order chi connectivity index (χ1) is 19.5. The maximum atomic E-state index is 13.3. The summed E-state index contributed by atoms with van der Waals surface area (Å²) in [5, 5.41) is 22.4. The molecule has 0 aliphatic carbocycles. The summed E-state index contributed by atoms with van der Waals surface area (Å²) in [7, 11) is 0. The number of nitrogens with zero attached hydrogens (tertiary/aromatic N) is 1. The molecule has 0 saturated heterocycles. The molecule has 0 saturated carbocycles. The fourth-order valence-electron chi connectivity index (χ4n) is 4.43. The Balaban J connectivity index is 1.58. The van der Waals surface area contributed by atoms with Crippen molar-refractivity contribution < 1.29 is 19.4 Å². The number of carbonyl (C=O) groups is 2.